The molecule has 0 spiro atoms. The normalized spacial score (nSPS) is 18.3. The van der Waals surface area contributed by atoms with Crippen LogP contribution in [0.25, 0.3) is 0 Å². The molecule has 1 saturated heterocycles. The van der Waals surface area contributed by atoms with Crippen LogP contribution in [0.15, 0.2) is 36.9 Å². The van der Waals surface area contributed by atoms with Crippen molar-refractivity contribution in [1.29, 1.82) is 0 Å². The first-order chi connectivity index (χ1) is 12.7. The standard InChI is InChI=1S/C18H21F3N2O4/c1-3-4-10-26-12(2)16(24)22-15-8-9-23(17(15)25)13-6-5-7-14(11-13)27-18(19,20)21/h3,5-7,11-12,15H,1,4,8-10H2,2H3,(H,22,24). The van der Waals surface area contributed by atoms with Crippen LogP contribution in [0.1, 0.15) is 19.8 Å². The minimum Gasteiger partial charge on any atom is -0.406 e. The number of carbonyl (C=O) groups is 2. The Labute approximate surface area is 154 Å². The van der Waals surface area contributed by atoms with Gasteiger partial charge in [0.2, 0.25) is 11.8 Å². The number of anilines is 1. The van der Waals surface area contributed by atoms with E-state index in [2.05, 4.69) is 16.6 Å². The maximum Gasteiger partial charge on any atom is 0.573 e. The van der Waals surface area contributed by atoms with E-state index in [1.807, 2.05) is 0 Å². The molecule has 2 unspecified atom stereocenters. The first-order valence-electron chi connectivity index (χ1n) is 8.41. The maximum atomic E-state index is 12.5. The van der Waals surface area contributed by atoms with E-state index in [0.29, 0.717) is 19.4 Å². The lowest BCUT2D eigenvalue weighted by Crippen LogP contribution is -2.45. The molecule has 1 aliphatic heterocycles. The molecule has 1 fully saturated rings. The van der Waals surface area contributed by atoms with Crippen molar-refractivity contribution < 1.29 is 32.2 Å². The molecule has 1 aromatic rings. The summed E-state index contributed by atoms with van der Waals surface area (Å²) in [6, 6.07) is 4.41. The number of nitrogens with zero attached hydrogens (tertiary/aromatic N) is 1. The van der Waals surface area contributed by atoms with Gasteiger partial charge in [0.05, 0.1) is 6.61 Å². The van der Waals surface area contributed by atoms with Gasteiger partial charge < -0.3 is 19.7 Å². The minimum absolute atomic E-state index is 0.269. The summed E-state index contributed by atoms with van der Waals surface area (Å²) < 4.78 is 46.3. The fourth-order valence-electron chi connectivity index (χ4n) is 2.61. The van der Waals surface area contributed by atoms with Crippen LogP contribution in [-0.2, 0) is 14.3 Å². The van der Waals surface area contributed by atoms with Crippen molar-refractivity contribution in [2.75, 3.05) is 18.1 Å². The van der Waals surface area contributed by atoms with Crippen LogP contribution in [0, 0.1) is 0 Å². The second-order valence-electron chi connectivity index (χ2n) is 5.98. The highest BCUT2D eigenvalue weighted by molar-refractivity contribution is 6.01. The fraction of sp³-hybridized carbons (Fsp3) is 0.444. The van der Waals surface area contributed by atoms with Crippen LogP contribution in [0.5, 0.6) is 5.75 Å². The molecule has 0 aliphatic carbocycles. The van der Waals surface area contributed by atoms with Crippen molar-refractivity contribution in [2.24, 2.45) is 0 Å². The summed E-state index contributed by atoms with van der Waals surface area (Å²) in [6.07, 6.45) is -2.93. The third kappa shape index (κ3) is 5.99. The lowest BCUT2D eigenvalue weighted by molar-refractivity contribution is -0.274. The molecular weight excluding hydrogens is 365 g/mol. The first-order valence-corrected chi connectivity index (χ1v) is 8.41. The molecular formula is C18H21F3N2O4. The molecule has 0 bridgehead atoms. The molecule has 1 aliphatic rings. The van der Waals surface area contributed by atoms with Crippen LogP contribution in [0.4, 0.5) is 18.9 Å². The Bertz CT molecular complexity index is 693. The Morgan fingerprint density at radius 3 is 2.89 bits per heavy atom. The van der Waals surface area contributed by atoms with Gasteiger partial charge in [0.15, 0.2) is 0 Å². The molecule has 0 radical (unpaired) electrons. The van der Waals surface area contributed by atoms with Crippen LogP contribution in [0.3, 0.4) is 0 Å². The summed E-state index contributed by atoms with van der Waals surface area (Å²) in [4.78, 5) is 25.9. The van der Waals surface area contributed by atoms with Crippen LogP contribution < -0.4 is 15.0 Å². The van der Waals surface area contributed by atoms with Gasteiger partial charge >= 0.3 is 6.36 Å². The first kappa shape index (κ1) is 20.8. The second kappa shape index (κ2) is 8.90. The lowest BCUT2D eigenvalue weighted by Gasteiger charge is -2.19. The minimum atomic E-state index is -4.81. The number of ether oxygens (including phenoxy) is 2. The monoisotopic (exact) mass is 386 g/mol. The third-order valence-electron chi connectivity index (χ3n) is 3.94. The third-order valence-corrected chi connectivity index (χ3v) is 3.94. The number of alkyl halides is 3. The zero-order valence-electron chi connectivity index (χ0n) is 14.8. The van der Waals surface area contributed by atoms with Gasteiger partial charge in [-0.15, -0.1) is 19.8 Å². The van der Waals surface area contributed by atoms with E-state index in [4.69, 9.17) is 4.74 Å². The van der Waals surface area contributed by atoms with Gasteiger partial charge in [0, 0.05) is 18.3 Å². The zero-order valence-corrected chi connectivity index (χ0v) is 14.8. The number of halogens is 3. The molecule has 2 amide bonds. The quantitative estimate of drug-likeness (QED) is 0.551. The number of hydrogen-bond donors (Lipinski definition) is 1. The van der Waals surface area contributed by atoms with Crippen molar-refractivity contribution in [2.45, 2.75) is 38.3 Å². The summed E-state index contributed by atoms with van der Waals surface area (Å²) in [7, 11) is 0. The van der Waals surface area contributed by atoms with Crippen molar-refractivity contribution in [3.63, 3.8) is 0 Å². The summed E-state index contributed by atoms with van der Waals surface area (Å²) in [5.41, 5.74) is 0.272. The van der Waals surface area contributed by atoms with Crippen LogP contribution in [0.2, 0.25) is 0 Å². The number of benzene rings is 1. The molecule has 0 aromatic heterocycles. The average Bonchev–Trinajstić information content (AvgIpc) is 2.94. The molecule has 27 heavy (non-hydrogen) atoms. The number of carbonyl (C=O) groups excluding carboxylic acids is 2. The highest BCUT2D eigenvalue weighted by Gasteiger charge is 2.35. The van der Waals surface area contributed by atoms with Gasteiger partial charge in [-0.3, -0.25) is 9.59 Å². The number of rotatable bonds is 8. The summed E-state index contributed by atoms with van der Waals surface area (Å²) in [5, 5.41) is 2.62. The van der Waals surface area contributed by atoms with Gasteiger partial charge in [-0.2, -0.15) is 0 Å². The van der Waals surface area contributed by atoms with E-state index in [0.717, 1.165) is 12.1 Å². The maximum absolute atomic E-state index is 12.5. The van der Waals surface area contributed by atoms with Crippen molar-refractivity contribution in [3.8, 4) is 5.75 Å². The number of nitrogens with one attached hydrogen (secondary N) is 1. The summed E-state index contributed by atoms with van der Waals surface area (Å²) in [5.74, 6) is -1.23. The summed E-state index contributed by atoms with van der Waals surface area (Å²) >= 11 is 0. The summed E-state index contributed by atoms with van der Waals surface area (Å²) in [6.45, 7) is 5.74. The Morgan fingerprint density at radius 1 is 1.48 bits per heavy atom. The van der Waals surface area contributed by atoms with Gasteiger partial charge in [0.25, 0.3) is 0 Å². The predicted octanol–water partition coefficient (Wildman–Crippen LogP) is 2.79. The molecule has 1 aromatic carbocycles. The van der Waals surface area contributed by atoms with Gasteiger partial charge in [-0.05, 0) is 31.9 Å². The van der Waals surface area contributed by atoms with Gasteiger partial charge in [0.1, 0.15) is 17.9 Å². The smallest absolute Gasteiger partial charge is 0.406 e. The Balaban J connectivity index is 1.97. The van der Waals surface area contributed by atoms with E-state index in [9.17, 15) is 22.8 Å². The Kier molecular flexibility index (Phi) is 6.84. The second-order valence-corrected chi connectivity index (χ2v) is 5.98. The van der Waals surface area contributed by atoms with Crippen LogP contribution in [-0.4, -0.2) is 43.5 Å². The van der Waals surface area contributed by atoms with E-state index in [1.165, 1.54) is 17.0 Å². The SMILES string of the molecule is C=CCCOC(C)C(=O)NC1CCN(c2cccc(OC(F)(F)F)c2)C1=O. The van der Waals surface area contributed by atoms with E-state index >= 15 is 0 Å². The molecule has 1 heterocycles. The van der Waals surface area contributed by atoms with E-state index in [1.54, 1.807) is 13.0 Å². The fourth-order valence-corrected chi connectivity index (χ4v) is 2.61. The highest BCUT2D eigenvalue weighted by Crippen LogP contribution is 2.29. The molecule has 2 atom stereocenters. The Hall–Kier alpha value is -2.55. The number of amides is 2. The molecule has 148 valence electrons. The molecule has 0 saturated carbocycles. The molecule has 2 rings (SSSR count). The highest BCUT2D eigenvalue weighted by atomic mass is 19.4. The molecule has 6 nitrogen and oxygen atoms in total. The largest absolute Gasteiger partial charge is 0.573 e. The van der Waals surface area contributed by atoms with Crippen molar-refractivity contribution in [3.05, 3.63) is 36.9 Å². The number of hydrogen-bond acceptors (Lipinski definition) is 4. The Morgan fingerprint density at radius 2 is 2.22 bits per heavy atom. The average molecular weight is 386 g/mol. The topological polar surface area (TPSA) is 67.9 Å². The van der Waals surface area contributed by atoms with Crippen molar-refractivity contribution in [1.82, 2.24) is 5.32 Å². The van der Waals surface area contributed by atoms with Crippen molar-refractivity contribution >= 4 is 17.5 Å². The predicted molar refractivity (Wildman–Crippen MR) is 92.3 cm³/mol. The van der Waals surface area contributed by atoms with E-state index in [-0.39, 0.29) is 12.2 Å². The van der Waals surface area contributed by atoms with Crippen LogP contribution >= 0.6 is 0 Å². The molecule has 1 N–H and O–H groups in total. The van der Waals surface area contributed by atoms with E-state index < -0.39 is 36.1 Å². The molecule has 9 heteroatoms. The van der Waals surface area contributed by atoms with Gasteiger partial charge in [-0.1, -0.05) is 12.1 Å². The van der Waals surface area contributed by atoms with Gasteiger partial charge in [-0.25, -0.2) is 0 Å². The zero-order chi connectivity index (χ0) is 20.0. The lowest BCUT2D eigenvalue weighted by atomic mass is 10.2.